The van der Waals surface area contributed by atoms with Crippen molar-refractivity contribution in [3.8, 4) is 0 Å². The highest BCUT2D eigenvalue weighted by atomic mass is 35.5. The summed E-state index contributed by atoms with van der Waals surface area (Å²) in [6.45, 7) is 3.47. The Bertz CT molecular complexity index is 485. The summed E-state index contributed by atoms with van der Waals surface area (Å²) in [6, 6.07) is 4.75. The number of aliphatic hydroxyl groups excluding tert-OH is 1. The first-order valence-corrected chi connectivity index (χ1v) is 7.13. The molecule has 17 heavy (non-hydrogen) atoms. The van der Waals surface area contributed by atoms with Gasteiger partial charge in [0.2, 0.25) is 10.0 Å². The number of nitrogens with one attached hydrogen (secondary N) is 1. The first-order chi connectivity index (χ1) is 7.84. The van der Waals surface area contributed by atoms with Crippen LogP contribution < -0.4 is 4.72 Å². The third-order valence-electron chi connectivity index (χ3n) is 2.36. The first-order valence-electron chi connectivity index (χ1n) is 5.27. The molecule has 2 N–H and O–H groups in total. The van der Waals surface area contributed by atoms with E-state index in [1.54, 1.807) is 26.0 Å². The van der Waals surface area contributed by atoms with Gasteiger partial charge in [0, 0.05) is 11.6 Å². The van der Waals surface area contributed by atoms with Gasteiger partial charge in [0.25, 0.3) is 0 Å². The number of benzene rings is 1. The monoisotopic (exact) mass is 277 g/mol. The van der Waals surface area contributed by atoms with Crippen LogP contribution in [0.2, 0.25) is 5.02 Å². The van der Waals surface area contributed by atoms with Gasteiger partial charge in [-0.25, -0.2) is 13.1 Å². The molecule has 1 rings (SSSR count). The second-order valence-corrected chi connectivity index (χ2v) is 6.04. The molecule has 0 spiro atoms. The van der Waals surface area contributed by atoms with Crippen molar-refractivity contribution in [3.05, 3.63) is 28.8 Å². The topological polar surface area (TPSA) is 66.4 Å². The largest absolute Gasteiger partial charge is 0.393 e. The number of sulfonamides is 1. The second kappa shape index (κ2) is 5.82. The maximum Gasteiger partial charge on any atom is 0.240 e. The van der Waals surface area contributed by atoms with E-state index in [9.17, 15) is 8.42 Å². The summed E-state index contributed by atoms with van der Waals surface area (Å²) in [6.07, 6.45) is -0.156. The lowest BCUT2D eigenvalue weighted by atomic mass is 10.2. The van der Waals surface area contributed by atoms with Gasteiger partial charge in [0.15, 0.2) is 0 Å². The molecule has 0 bridgehead atoms. The van der Waals surface area contributed by atoms with Crippen LogP contribution in [0, 0.1) is 6.92 Å². The van der Waals surface area contributed by atoms with E-state index < -0.39 is 16.1 Å². The zero-order chi connectivity index (χ0) is 13.1. The molecule has 0 saturated heterocycles. The van der Waals surface area contributed by atoms with Crippen LogP contribution in [0.5, 0.6) is 0 Å². The van der Waals surface area contributed by atoms with Crippen molar-refractivity contribution in [2.45, 2.75) is 31.3 Å². The highest BCUT2D eigenvalue weighted by Gasteiger charge is 2.17. The Morgan fingerprint density at radius 2 is 2.12 bits per heavy atom. The summed E-state index contributed by atoms with van der Waals surface area (Å²) in [5.74, 6) is 0. The third-order valence-corrected chi connectivity index (χ3v) is 4.38. The molecule has 0 amide bonds. The summed E-state index contributed by atoms with van der Waals surface area (Å²) in [5, 5.41) is 9.48. The lowest BCUT2D eigenvalue weighted by molar-refractivity contribution is 0.186. The van der Waals surface area contributed by atoms with E-state index in [4.69, 9.17) is 16.7 Å². The van der Waals surface area contributed by atoms with E-state index in [-0.39, 0.29) is 11.4 Å². The Labute approximate surface area is 107 Å². The molecule has 0 aliphatic rings. The Balaban J connectivity index is 2.87. The van der Waals surface area contributed by atoms with Crippen LogP contribution in [0.3, 0.4) is 0 Å². The molecule has 1 atom stereocenters. The van der Waals surface area contributed by atoms with Crippen LogP contribution >= 0.6 is 11.6 Å². The summed E-state index contributed by atoms with van der Waals surface area (Å²) in [5.41, 5.74) is 0.527. The number of rotatable bonds is 5. The summed E-state index contributed by atoms with van der Waals surface area (Å²) < 4.78 is 26.3. The van der Waals surface area contributed by atoms with Crippen LogP contribution in [-0.4, -0.2) is 26.2 Å². The van der Waals surface area contributed by atoms with Crippen LogP contribution in [0.4, 0.5) is 0 Å². The maximum absolute atomic E-state index is 11.9. The normalized spacial score (nSPS) is 13.6. The minimum atomic E-state index is -3.55. The van der Waals surface area contributed by atoms with E-state index in [1.165, 1.54) is 6.07 Å². The number of halogens is 1. The van der Waals surface area contributed by atoms with Gasteiger partial charge in [-0.1, -0.05) is 17.7 Å². The van der Waals surface area contributed by atoms with Crippen molar-refractivity contribution in [2.75, 3.05) is 6.54 Å². The van der Waals surface area contributed by atoms with Gasteiger partial charge in [-0.05, 0) is 38.0 Å². The number of hydrogen-bond donors (Lipinski definition) is 2. The van der Waals surface area contributed by atoms with Crippen molar-refractivity contribution >= 4 is 21.6 Å². The average molecular weight is 278 g/mol. The van der Waals surface area contributed by atoms with Gasteiger partial charge in [0.05, 0.1) is 11.0 Å². The zero-order valence-electron chi connectivity index (χ0n) is 9.77. The summed E-state index contributed by atoms with van der Waals surface area (Å²) in [4.78, 5) is 0.176. The second-order valence-electron chi connectivity index (χ2n) is 3.90. The molecule has 1 aromatic rings. The van der Waals surface area contributed by atoms with E-state index in [0.717, 1.165) is 0 Å². The minimum absolute atomic E-state index is 0.176. The van der Waals surface area contributed by atoms with Gasteiger partial charge >= 0.3 is 0 Å². The van der Waals surface area contributed by atoms with E-state index in [1.807, 2.05) is 0 Å². The van der Waals surface area contributed by atoms with E-state index in [2.05, 4.69) is 4.72 Å². The standard InChI is InChI=1S/C11H16ClNO3S/c1-8(14)6-7-13-17(15,16)11-5-3-4-10(12)9(11)2/h3-5,8,13-14H,6-7H2,1-2H3. The molecule has 0 fully saturated rings. The SMILES string of the molecule is Cc1c(Cl)cccc1S(=O)(=O)NCCC(C)O. The molecule has 0 saturated carbocycles. The fourth-order valence-electron chi connectivity index (χ4n) is 1.36. The maximum atomic E-state index is 11.9. The fraction of sp³-hybridized carbons (Fsp3) is 0.455. The average Bonchev–Trinajstić information content (AvgIpc) is 2.21. The minimum Gasteiger partial charge on any atom is -0.393 e. The van der Waals surface area contributed by atoms with Gasteiger partial charge in [-0.3, -0.25) is 0 Å². The lowest BCUT2D eigenvalue weighted by Crippen LogP contribution is -2.27. The lowest BCUT2D eigenvalue weighted by Gasteiger charge is -2.10. The van der Waals surface area contributed by atoms with Crippen molar-refractivity contribution < 1.29 is 13.5 Å². The Morgan fingerprint density at radius 3 is 2.71 bits per heavy atom. The van der Waals surface area contributed by atoms with Crippen molar-refractivity contribution in [2.24, 2.45) is 0 Å². The van der Waals surface area contributed by atoms with Crippen LogP contribution in [-0.2, 0) is 10.0 Å². The zero-order valence-corrected chi connectivity index (χ0v) is 11.3. The molecule has 1 aromatic carbocycles. The molecule has 6 heteroatoms. The highest BCUT2D eigenvalue weighted by Crippen LogP contribution is 2.22. The first kappa shape index (κ1) is 14.4. The van der Waals surface area contributed by atoms with E-state index >= 15 is 0 Å². The molecule has 1 unspecified atom stereocenters. The summed E-state index contributed by atoms with van der Waals surface area (Å²) >= 11 is 5.87. The van der Waals surface area contributed by atoms with Crippen LogP contribution in [0.15, 0.2) is 23.1 Å². The van der Waals surface area contributed by atoms with Crippen molar-refractivity contribution in [3.63, 3.8) is 0 Å². The van der Waals surface area contributed by atoms with Gasteiger partial charge in [-0.2, -0.15) is 0 Å². The predicted molar refractivity (Wildman–Crippen MR) is 67.7 cm³/mol. The molecule has 96 valence electrons. The molecular formula is C11H16ClNO3S. The molecule has 0 aromatic heterocycles. The van der Waals surface area contributed by atoms with Crippen LogP contribution in [0.1, 0.15) is 18.9 Å². The molecule has 0 aliphatic heterocycles. The Morgan fingerprint density at radius 1 is 1.47 bits per heavy atom. The molecular weight excluding hydrogens is 262 g/mol. The predicted octanol–water partition coefficient (Wildman–Crippen LogP) is 1.70. The number of aliphatic hydroxyl groups is 1. The van der Waals surface area contributed by atoms with Crippen molar-refractivity contribution in [1.82, 2.24) is 4.72 Å². The third kappa shape index (κ3) is 3.96. The Kier molecular flexibility index (Phi) is 4.94. The van der Waals surface area contributed by atoms with Crippen LogP contribution in [0.25, 0.3) is 0 Å². The quantitative estimate of drug-likeness (QED) is 0.861. The molecule has 0 radical (unpaired) electrons. The van der Waals surface area contributed by atoms with Gasteiger partial charge in [-0.15, -0.1) is 0 Å². The van der Waals surface area contributed by atoms with Gasteiger partial charge in [0.1, 0.15) is 0 Å². The highest BCUT2D eigenvalue weighted by molar-refractivity contribution is 7.89. The van der Waals surface area contributed by atoms with E-state index in [0.29, 0.717) is 17.0 Å². The molecule has 0 heterocycles. The molecule has 4 nitrogen and oxygen atoms in total. The van der Waals surface area contributed by atoms with Crippen molar-refractivity contribution in [1.29, 1.82) is 0 Å². The molecule has 0 aliphatic carbocycles. The smallest absolute Gasteiger partial charge is 0.240 e. The number of hydrogen-bond acceptors (Lipinski definition) is 3. The Hall–Kier alpha value is -0.620. The van der Waals surface area contributed by atoms with Gasteiger partial charge < -0.3 is 5.11 Å². The fourth-order valence-corrected chi connectivity index (χ4v) is 2.90. The summed E-state index contributed by atoms with van der Waals surface area (Å²) in [7, 11) is -3.55.